The summed E-state index contributed by atoms with van der Waals surface area (Å²) in [6.07, 6.45) is 1.66. The van der Waals surface area contributed by atoms with E-state index in [0.717, 1.165) is 11.8 Å². The van der Waals surface area contributed by atoms with Gasteiger partial charge in [0.1, 0.15) is 5.78 Å². The van der Waals surface area contributed by atoms with Crippen molar-refractivity contribution in [1.29, 1.82) is 0 Å². The van der Waals surface area contributed by atoms with Gasteiger partial charge in [0.15, 0.2) is 0 Å². The Kier molecular flexibility index (Phi) is 4.18. The summed E-state index contributed by atoms with van der Waals surface area (Å²) in [4.78, 5) is 11.2. The molecule has 0 atom stereocenters. The SMILES string of the molecule is CC(C)(C)C(=O)CCCBr. The molecule has 0 aromatic heterocycles. The third kappa shape index (κ3) is 4.04. The van der Waals surface area contributed by atoms with Gasteiger partial charge in [0.2, 0.25) is 0 Å². The summed E-state index contributed by atoms with van der Waals surface area (Å²) in [5.41, 5.74) is -0.151. The lowest BCUT2D eigenvalue weighted by Crippen LogP contribution is -2.19. The molecule has 0 aliphatic carbocycles. The first-order valence-corrected chi connectivity index (χ1v) is 4.70. The molecule has 0 rings (SSSR count). The molecule has 0 unspecified atom stereocenters. The van der Waals surface area contributed by atoms with Crippen LogP contribution >= 0.6 is 15.9 Å². The largest absolute Gasteiger partial charge is 0.299 e. The second-order valence-electron chi connectivity index (χ2n) is 3.47. The van der Waals surface area contributed by atoms with E-state index in [0.29, 0.717) is 12.2 Å². The number of carbonyl (C=O) groups excluding carboxylic acids is 1. The zero-order valence-corrected chi connectivity index (χ0v) is 8.49. The van der Waals surface area contributed by atoms with Crippen molar-refractivity contribution in [2.24, 2.45) is 5.41 Å². The van der Waals surface area contributed by atoms with Gasteiger partial charge in [0.05, 0.1) is 0 Å². The quantitative estimate of drug-likeness (QED) is 0.650. The molecule has 0 heterocycles. The number of Topliss-reactive ketones (excluding diaryl/α,β-unsaturated/α-hetero) is 1. The number of ketones is 1. The fourth-order valence-electron chi connectivity index (χ4n) is 0.602. The van der Waals surface area contributed by atoms with Crippen LogP contribution in [0.4, 0.5) is 0 Å². The van der Waals surface area contributed by atoms with Crippen LogP contribution in [0.5, 0.6) is 0 Å². The van der Waals surface area contributed by atoms with Gasteiger partial charge in [-0.2, -0.15) is 0 Å². The lowest BCUT2D eigenvalue weighted by Gasteiger charge is -2.15. The second-order valence-corrected chi connectivity index (χ2v) is 4.26. The van der Waals surface area contributed by atoms with Crippen molar-refractivity contribution >= 4 is 21.7 Å². The van der Waals surface area contributed by atoms with Gasteiger partial charge in [-0.15, -0.1) is 0 Å². The van der Waals surface area contributed by atoms with Crippen molar-refractivity contribution in [3.05, 3.63) is 0 Å². The van der Waals surface area contributed by atoms with E-state index in [-0.39, 0.29) is 5.41 Å². The van der Waals surface area contributed by atoms with Gasteiger partial charge >= 0.3 is 0 Å². The maximum Gasteiger partial charge on any atom is 0.138 e. The van der Waals surface area contributed by atoms with Gasteiger partial charge in [-0.25, -0.2) is 0 Å². The summed E-state index contributed by atoms with van der Waals surface area (Å²) >= 11 is 3.29. The highest BCUT2D eigenvalue weighted by molar-refractivity contribution is 9.09. The van der Waals surface area contributed by atoms with E-state index < -0.39 is 0 Å². The van der Waals surface area contributed by atoms with Crippen molar-refractivity contribution in [3.8, 4) is 0 Å². The molecule has 60 valence electrons. The Balaban J connectivity index is 3.64. The number of rotatable bonds is 3. The Labute approximate surface area is 71.3 Å². The third-order valence-electron chi connectivity index (χ3n) is 1.37. The van der Waals surface area contributed by atoms with Gasteiger partial charge < -0.3 is 0 Å². The average molecular weight is 207 g/mol. The number of hydrogen-bond acceptors (Lipinski definition) is 1. The van der Waals surface area contributed by atoms with Crippen LogP contribution < -0.4 is 0 Å². The molecule has 0 N–H and O–H groups in total. The molecule has 0 fully saturated rings. The Morgan fingerprint density at radius 3 is 2.20 bits per heavy atom. The van der Waals surface area contributed by atoms with Crippen molar-refractivity contribution in [3.63, 3.8) is 0 Å². The smallest absolute Gasteiger partial charge is 0.138 e. The number of alkyl halides is 1. The lowest BCUT2D eigenvalue weighted by molar-refractivity contribution is -0.126. The summed E-state index contributed by atoms with van der Waals surface area (Å²) in [6.45, 7) is 5.89. The zero-order valence-electron chi connectivity index (χ0n) is 6.91. The molecule has 0 saturated heterocycles. The van der Waals surface area contributed by atoms with Crippen molar-refractivity contribution in [1.82, 2.24) is 0 Å². The standard InChI is InChI=1S/C8H15BrO/c1-8(2,3)7(10)5-4-6-9/h4-6H2,1-3H3. The molecule has 0 aromatic rings. The van der Waals surface area contributed by atoms with Gasteiger partial charge in [-0.3, -0.25) is 4.79 Å². The predicted molar refractivity (Wildman–Crippen MR) is 47.5 cm³/mol. The summed E-state index contributed by atoms with van der Waals surface area (Å²) in [7, 11) is 0. The molecule has 0 aliphatic heterocycles. The van der Waals surface area contributed by atoms with Crippen LogP contribution in [-0.4, -0.2) is 11.1 Å². The minimum absolute atomic E-state index is 0.151. The summed E-state index contributed by atoms with van der Waals surface area (Å²) in [6, 6.07) is 0. The number of carbonyl (C=O) groups is 1. The molecule has 0 aliphatic rings. The second kappa shape index (κ2) is 4.12. The number of hydrogen-bond donors (Lipinski definition) is 0. The number of halogens is 1. The van der Waals surface area contributed by atoms with Gasteiger partial charge in [0.25, 0.3) is 0 Å². The van der Waals surface area contributed by atoms with Crippen LogP contribution in [0, 0.1) is 5.41 Å². The minimum atomic E-state index is -0.151. The van der Waals surface area contributed by atoms with Crippen molar-refractivity contribution < 1.29 is 4.79 Å². The molecule has 0 bridgehead atoms. The maximum absolute atomic E-state index is 11.2. The average Bonchev–Trinajstić information content (AvgIpc) is 1.80. The molecule has 0 spiro atoms. The van der Waals surface area contributed by atoms with Crippen LogP contribution in [0.1, 0.15) is 33.6 Å². The van der Waals surface area contributed by atoms with Crippen LogP contribution in [0.3, 0.4) is 0 Å². The monoisotopic (exact) mass is 206 g/mol. The summed E-state index contributed by atoms with van der Waals surface area (Å²) in [5.74, 6) is 0.354. The van der Waals surface area contributed by atoms with Crippen LogP contribution in [0.15, 0.2) is 0 Å². The van der Waals surface area contributed by atoms with Crippen LogP contribution in [0.25, 0.3) is 0 Å². The van der Waals surface area contributed by atoms with E-state index in [1.165, 1.54) is 0 Å². The topological polar surface area (TPSA) is 17.1 Å². The van der Waals surface area contributed by atoms with Gasteiger partial charge in [-0.1, -0.05) is 36.7 Å². The van der Waals surface area contributed by atoms with Gasteiger partial charge in [0, 0.05) is 17.2 Å². The fraction of sp³-hybridized carbons (Fsp3) is 0.875. The van der Waals surface area contributed by atoms with E-state index in [4.69, 9.17) is 0 Å². The first-order valence-electron chi connectivity index (χ1n) is 3.57. The molecule has 0 aromatic carbocycles. The Morgan fingerprint density at radius 1 is 1.40 bits per heavy atom. The zero-order chi connectivity index (χ0) is 8.20. The predicted octanol–water partition coefficient (Wildman–Crippen LogP) is 2.78. The van der Waals surface area contributed by atoms with E-state index >= 15 is 0 Å². The normalized spacial score (nSPS) is 11.6. The molecular weight excluding hydrogens is 192 g/mol. The van der Waals surface area contributed by atoms with Crippen LogP contribution in [-0.2, 0) is 4.79 Å². The molecule has 0 radical (unpaired) electrons. The van der Waals surface area contributed by atoms with E-state index in [1.54, 1.807) is 0 Å². The molecular formula is C8H15BrO. The molecule has 0 amide bonds. The highest BCUT2D eigenvalue weighted by atomic mass is 79.9. The first-order chi connectivity index (χ1) is 4.48. The molecule has 10 heavy (non-hydrogen) atoms. The van der Waals surface area contributed by atoms with Crippen LogP contribution in [0.2, 0.25) is 0 Å². The summed E-state index contributed by atoms with van der Waals surface area (Å²) in [5, 5.41) is 0.925. The van der Waals surface area contributed by atoms with E-state index in [2.05, 4.69) is 15.9 Å². The van der Waals surface area contributed by atoms with Gasteiger partial charge in [-0.05, 0) is 6.42 Å². The highest BCUT2D eigenvalue weighted by Gasteiger charge is 2.19. The van der Waals surface area contributed by atoms with E-state index in [1.807, 2.05) is 20.8 Å². The van der Waals surface area contributed by atoms with E-state index in [9.17, 15) is 4.79 Å². The lowest BCUT2D eigenvalue weighted by atomic mass is 9.88. The Bertz CT molecular complexity index is 113. The van der Waals surface area contributed by atoms with Crippen molar-refractivity contribution in [2.45, 2.75) is 33.6 Å². The minimum Gasteiger partial charge on any atom is -0.299 e. The Morgan fingerprint density at radius 2 is 1.90 bits per heavy atom. The highest BCUT2D eigenvalue weighted by Crippen LogP contribution is 2.17. The maximum atomic E-state index is 11.2. The molecule has 0 saturated carbocycles. The first kappa shape index (κ1) is 10.2. The summed E-state index contributed by atoms with van der Waals surface area (Å²) < 4.78 is 0. The fourth-order valence-corrected chi connectivity index (χ4v) is 0.883. The third-order valence-corrected chi connectivity index (χ3v) is 1.93. The molecule has 2 heteroatoms. The Hall–Kier alpha value is 0.150. The molecule has 1 nitrogen and oxygen atoms in total. The van der Waals surface area contributed by atoms with Crippen molar-refractivity contribution in [2.75, 3.05) is 5.33 Å².